The molecule has 25 heavy (non-hydrogen) atoms. The van der Waals surface area contributed by atoms with Crippen LogP contribution in [-0.2, 0) is 13.1 Å². The lowest BCUT2D eigenvalue weighted by Crippen LogP contribution is -2.41. The highest BCUT2D eigenvalue weighted by atomic mass is 35.5. The number of carbonyl (C=O) groups is 2. The standard InChI is InChI=1S/C16H12ClFN2O5/c17-10-3-1-2-8(11(10)18)6-20-5-4-19-7-9(16(24)25)13(21)14(22)12(19)15(20)23/h1-3,7,22H,4-6H2,(H,24,25). The summed E-state index contributed by atoms with van der Waals surface area (Å²) in [5, 5.41) is 18.9. The van der Waals surface area contributed by atoms with Crippen LogP contribution in [0.5, 0.6) is 5.75 Å². The Morgan fingerprint density at radius 1 is 1.28 bits per heavy atom. The summed E-state index contributed by atoms with van der Waals surface area (Å²) in [6.07, 6.45) is 1.02. The fraction of sp³-hybridized carbons (Fsp3) is 0.188. The lowest BCUT2D eigenvalue weighted by molar-refractivity contribution is 0.0662. The topological polar surface area (TPSA) is 99.8 Å². The average molecular weight is 367 g/mol. The molecule has 1 aliphatic rings. The third-order valence-corrected chi connectivity index (χ3v) is 4.27. The van der Waals surface area contributed by atoms with Crippen molar-refractivity contribution in [2.24, 2.45) is 0 Å². The molecule has 0 bridgehead atoms. The van der Waals surface area contributed by atoms with Crippen LogP contribution >= 0.6 is 11.6 Å². The van der Waals surface area contributed by atoms with Gasteiger partial charge in [0.25, 0.3) is 5.91 Å². The summed E-state index contributed by atoms with van der Waals surface area (Å²) in [5.41, 5.74) is -1.88. The quantitative estimate of drug-likeness (QED) is 0.861. The van der Waals surface area contributed by atoms with Gasteiger partial charge in [-0.1, -0.05) is 23.7 Å². The van der Waals surface area contributed by atoms with Gasteiger partial charge in [-0.15, -0.1) is 0 Å². The van der Waals surface area contributed by atoms with Gasteiger partial charge in [-0.25, -0.2) is 9.18 Å². The number of halogens is 2. The molecule has 0 fully saturated rings. The second kappa shape index (κ2) is 6.21. The lowest BCUT2D eigenvalue weighted by Gasteiger charge is -2.30. The predicted octanol–water partition coefficient (Wildman–Crippen LogP) is 1.70. The Morgan fingerprint density at radius 3 is 2.68 bits per heavy atom. The number of hydrogen-bond acceptors (Lipinski definition) is 4. The van der Waals surface area contributed by atoms with E-state index >= 15 is 0 Å². The second-order valence-electron chi connectivity index (χ2n) is 5.51. The maximum atomic E-state index is 14.0. The maximum Gasteiger partial charge on any atom is 0.341 e. The van der Waals surface area contributed by atoms with Gasteiger partial charge in [0.2, 0.25) is 5.43 Å². The maximum absolute atomic E-state index is 14.0. The highest BCUT2D eigenvalue weighted by Gasteiger charge is 2.31. The number of hydrogen-bond donors (Lipinski definition) is 2. The Hall–Kier alpha value is -2.87. The molecule has 9 heteroatoms. The molecule has 2 N–H and O–H groups in total. The van der Waals surface area contributed by atoms with E-state index in [1.165, 1.54) is 21.6 Å². The lowest BCUT2D eigenvalue weighted by atomic mass is 10.1. The van der Waals surface area contributed by atoms with E-state index < -0.39 is 34.4 Å². The number of rotatable bonds is 3. The number of aromatic hydroxyl groups is 1. The second-order valence-corrected chi connectivity index (χ2v) is 5.91. The molecule has 0 aliphatic carbocycles. The first-order chi connectivity index (χ1) is 11.8. The third-order valence-electron chi connectivity index (χ3n) is 3.98. The number of carbonyl (C=O) groups excluding carboxylic acids is 1. The number of carboxylic acids is 1. The Balaban J connectivity index is 1.99. The number of fused-ring (bicyclic) bond motifs is 1. The van der Waals surface area contributed by atoms with Crippen LogP contribution in [0, 0.1) is 5.82 Å². The molecule has 130 valence electrons. The van der Waals surface area contributed by atoms with E-state index in [2.05, 4.69) is 0 Å². The van der Waals surface area contributed by atoms with Gasteiger partial charge < -0.3 is 19.7 Å². The summed E-state index contributed by atoms with van der Waals surface area (Å²) in [6, 6.07) is 4.40. The van der Waals surface area contributed by atoms with Crippen molar-refractivity contribution >= 4 is 23.5 Å². The van der Waals surface area contributed by atoms with Gasteiger partial charge in [-0.3, -0.25) is 9.59 Å². The Morgan fingerprint density at radius 2 is 2.00 bits per heavy atom. The van der Waals surface area contributed by atoms with E-state index in [9.17, 15) is 23.9 Å². The summed E-state index contributed by atoms with van der Waals surface area (Å²) < 4.78 is 15.2. The first-order valence-electron chi connectivity index (χ1n) is 7.23. The molecule has 7 nitrogen and oxygen atoms in total. The first kappa shape index (κ1) is 17.0. The highest BCUT2D eigenvalue weighted by Crippen LogP contribution is 2.24. The minimum Gasteiger partial charge on any atom is -0.503 e. The molecule has 0 saturated carbocycles. The van der Waals surface area contributed by atoms with Crippen LogP contribution < -0.4 is 5.43 Å². The summed E-state index contributed by atoms with van der Waals surface area (Å²) in [4.78, 5) is 36.8. The van der Waals surface area contributed by atoms with Crippen LogP contribution in [0.25, 0.3) is 0 Å². The average Bonchev–Trinajstić information content (AvgIpc) is 2.56. The molecule has 0 spiro atoms. The highest BCUT2D eigenvalue weighted by molar-refractivity contribution is 6.30. The number of pyridine rings is 1. The molecule has 1 amide bonds. The number of benzene rings is 1. The van der Waals surface area contributed by atoms with E-state index in [1.807, 2.05) is 0 Å². The van der Waals surface area contributed by atoms with Crippen molar-refractivity contribution < 1.29 is 24.2 Å². The SMILES string of the molecule is O=C(O)c1cn2c(c(O)c1=O)C(=O)N(Cc1cccc(Cl)c1F)CC2. The van der Waals surface area contributed by atoms with Crippen molar-refractivity contribution in [2.75, 3.05) is 6.54 Å². The number of nitrogens with zero attached hydrogens (tertiary/aromatic N) is 2. The molecule has 0 unspecified atom stereocenters. The molecule has 2 heterocycles. The van der Waals surface area contributed by atoms with Gasteiger partial charge in [0.1, 0.15) is 11.4 Å². The molecular weight excluding hydrogens is 355 g/mol. The van der Waals surface area contributed by atoms with Gasteiger partial charge in [-0.2, -0.15) is 0 Å². The summed E-state index contributed by atoms with van der Waals surface area (Å²) in [5.74, 6) is -3.77. The molecule has 1 aromatic heterocycles. The van der Waals surface area contributed by atoms with Gasteiger partial charge in [0.05, 0.1) is 5.02 Å². The first-order valence-corrected chi connectivity index (χ1v) is 7.61. The number of amides is 1. The van der Waals surface area contributed by atoms with E-state index in [0.29, 0.717) is 0 Å². The summed E-state index contributed by atoms with van der Waals surface area (Å²) >= 11 is 5.72. The fourth-order valence-corrected chi connectivity index (χ4v) is 2.90. The third kappa shape index (κ3) is 2.85. The molecule has 0 radical (unpaired) electrons. The summed E-state index contributed by atoms with van der Waals surface area (Å²) in [6.45, 7) is 0.204. The summed E-state index contributed by atoms with van der Waals surface area (Å²) in [7, 11) is 0. The fourth-order valence-electron chi connectivity index (χ4n) is 2.71. The number of aromatic carboxylic acids is 1. The Kier molecular flexibility index (Phi) is 4.22. The van der Waals surface area contributed by atoms with E-state index in [1.54, 1.807) is 6.07 Å². The van der Waals surface area contributed by atoms with Crippen LogP contribution in [0.2, 0.25) is 5.02 Å². The number of aromatic nitrogens is 1. The van der Waals surface area contributed by atoms with Crippen molar-refractivity contribution in [3.63, 3.8) is 0 Å². The smallest absolute Gasteiger partial charge is 0.341 e. The molecular formula is C16H12ClFN2O5. The van der Waals surface area contributed by atoms with E-state index in [-0.39, 0.29) is 35.9 Å². The molecule has 3 rings (SSSR count). The normalized spacial score (nSPS) is 13.7. The van der Waals surface area contributed by atoms with Gasteiger partial charge >= 0.3 is 5.97 Å². The monoisotopic (exact) mass is 366 g/mol. The molecule has 0 atom stereocenters. The van der Waals surface area contributed by atoms with E-state index in [0.717, 1.165) is 6.20 Å². The van der Waals surface area contributed by atoms with Crippen LogP contribution in [0.4, 0.5) is 4.39 Å². The number of carboxylic acid groups (broad SMARTS) is 1. The van der Waals surface area contributed by atoms with Crippen molar-refractivity contribution in [2.45, 2.75) is 13.1 Å². The molecule has 0 saturated heterocycles. The zero-order valence-corrected chi connectivity index (χ0v) is 13.5. The van der Waals surface area contributed by atoms with Crippen molar-refractivity contribution in [1.82, 2.24) is 9.47 Å². The van der Waals surface area contributed by atoms with Crippen LogP contribution in [0.3, 0.4) is 0 Å². The minimum atomic E-state index is -1.49. The van der Waals surface area contributed by atoms with Crippen molar-refractivity contribution in [3.8, 4) is 5.75 Å². The zero-order chi connectivity index (χ0) is 18.3. The van der Waals surface area contributed by atoms with Gasteiger partial charge in [0, 0.05) is 31.4 Å². The van der Waals surface area contributed by atoms with Gasteiger partial charge in [0.15, 0.2) is 11.4 Å². The molecule has 2 aromatic rings. The molecule has 1 aromatic carbocycles. The predicted molar refractivity (Wildman–Crippen MR) is 85.5 cm³/mol. The largest absolute Gasteiger partial charge is 0.503 e. The van der Waals surface area contributed by atoms with Crippen LogP contribution in [0.15, 0.2) is 29.2 Å². The van der Waals surface area contributed by atoms with Gasteiger partial charge in [-0.05, 0) is 6.07 Å². The van der Waals surface area contributed by atoms with Crippen LogP contribution in [-0.4, -0.2) is 38.1 Å². The molecule has 1 aliphatic heterocycles. The minimum absolute atomic E-state index is 0.0764. The van der Waals surface area contributed by atoms with Crippen LogP contribution in [0.1, 0.15) is 26.4 Å². The van der Waals surface area contributed by atoms with Crippen molar-refractivity contribution in [1.29, 1.82) is 0 Å². The van der Waals surface area contributed by atoms with Crippen molar-refractivity contribution in [3.05, 3.63) is 62.3 Å². The Labute approximate surface area is 145 Å². The van der Waals surface area contributed by atoms with E-state index in [4.69, 9.17) is 16.7 Å². The zero-order valence-electron chi connectivity index (χ0n) is 12.7. The Bertz CT molecular complexity index is 956.